The van der Waals surface area contributed by atoms with Crippen LogP contribution in [0.2, 0.25) is 0 Å². The van der Waals surface area contributed by atoms with Gasteiger partial charge >= 0.3 is 6.09 Å². The van der Waals surface area contributed by atoms with E-state index in [1.165, 1.54) is 10.5 Å². The van der Waals surface area contributed by atoms with Crippen molar-refractivity contribution in [2.45, 2.75) is 38.0 Å². The van der Waals surface area contributed by atoms with E-state index in [1.54, 1.807) is 14.2 Å². The molecule has 4 aromatic rings. The number of ether oxygens (including phenoxy) is 4. The highest BCUT2D eigenvalue weighted by molar-refractivity contribution is 5.94. The van der Waals surface area contributed by atoms with Crippen LogP contribution in [0.4, 0.5) is 4.79 Å². The Labute approximate surface area is 246 Å². The SMILES string of the molecule is COc1cc(COC2CC(c3ccc(OCC/C=C/c4ccccc4)cc3)CCN2C(=O)O)c(OC)c2ccccc12. The van der Waals surface area contributed by atoms with Crippen molar-refractivity contribution in [2.24, 2.45) is 0 Å². The third-order valence-electron chi connectivity index (χ3n) is 7.70. The zero-order valence-corrected chi connectivity index (χ0v) is 24.1. The van der Waals surface area contributed by atoms with E-state index in [0.29, 0.717) is 25.3 Å². The Kier molecular flexibility index (Phi) is 9.62. The quantitative estimate of drug-likeness (QED) is 0.187. The first-order valence-electron chi connectivity index (χ1n) is 14.3. The van der Waals surface area contributed by atoms with Gasteiger partial charge in [-0.1, -0.05) is 78.9 Å². The average Bonchev–Trinajstić information content (AvgIpc) is 3.03. The Morgan fingerprint density at radius 3 is 2.40 bits per heavy atom. The Hall–Kier alpha value is -4.49. The zero-order chi connectivity index (χ0) is 29.3. The lowest BCUT2D eigenvalue weighted by molar-refractivity contribution is -0.0796. The number of amides is 1. The monoisotopic (exact) mass is 567 g/mol. The number of hydrogen-bond acceptors (Lipinski definition) is 5. The van der Waals surface area contributed by atoms with Crippen LogP contribution < -0.4 is 14.2 Å². The van der Waals surface area contributed by atoms with Gasteiger partial charge in [0.1, 0.15) is 23.5 Å². The number of rotatable bonds is 11. The lowest BCUT2D eigenvalue weighted by Gasteiger charge is -2.37. The molecule has 1 saturated heterocycles. The number of carboxylic acid groups (broad SMARTS) is 1. The number of methoxy groups -OCH3 is 2. The highest BCUT2D eigenvalue weighted by Gasteiger charge is 2.33. The van der Waals surface area contributed by atoms with Gasteiger partial charge in [0.05, 0.1) is 27.4 Å². The van der Waals surface area contributed by atoms with Crippen molar-refractivity contribution in [3.05, 3.63) is 108 Å². The van der Waals surface area contributed by atoms with Crippen LogP contribution in [0.15, 0.2) is 91.0 Å². The van der Waals surface area contributed by atoms with Gasteiger partial charge in [-0.25, -0.2) is 4.79 Å². The summed E-state index contributed by atoms with van der Waals surface area (Å²) >= 11 is 0. The first-order valence-corrected chi connectivity index (χ1v) is 14.3. The van der Waals surface area contributed by atoms with Crippen molar-refractivity contribution >= 4 is 22.9 Å². The second-order valence-electron chi connectivity index (χ2n) is 10.3. The molecule has 1 amide bonds. The van der Waals surface area contributed by atoms with Crippen LogP contribution >= 0.6 is 0 Å². The molecule has 0 radical (unpaired) electrons. The Balaban J connectivity index is 1.22. The second kappa shape index (κ2) is 13.9. The molecule has 5 rings (SSSR count). The molecule has 0 bridgehead atoms. The summed E-state index contributed by atoms with van der Waals surface area (Å²) in [5.74, 6) is 2.41. The van der Waals surface area contributed by atoms with E-state index in [2.05, 4.69) is 36.4 Å². The molecule has 218 valence electrons. The highest BCUT2D eigenvalue weighted by atomic mass is 16.5. The van der Waals surface area contributed by atoms with Gasteiger partial charge in [-0.05, 0) is 54.5 Å². The maximum absolute atomic E-state index is 12.1. The first kappa shape index (κ1) is 29.0. The fourth-order valence-electron chi connectivity index (χ4n) is 5.55. The molecule has 1 aliphatic rings. The van der Waals surface area contributed by atoms with Crippen LogP contribution in [0.25, 0.3) is 16.8 Å². The van der Waals surface area contributed by atoms with E-state index in [0.717, 1.165) is 46.2 Å². The standard InChI is InChI=1S/C35H37NO6/c1-39-32-22-28(34(40-2)31-14-7-6-13-30(31)32)24-42-33-23-27(19-20-36(33)35(37)38)26-15-17-29(18-16-26)41-21-9-8-12-25-10-4-3-5-11-25/h3-8,10-18,22,27,33H,9,19-21,23-24H2,1-2H3,(H,37,38)/b12-8+. The zero-order valence-electron chi connectivity index (χ0n) is 24.1. The van der Waals surface area contributed by atoms with Crippen molar-refractivity contribution in [2.75, 3.05) is 27.4 Å². The van der Waals surface area contributed by atoms with Gasteiger partial charge in [-0.3, -0.25) is 4.90 Å². The molecule has 0 spiro atoms. The first-order chi connectivity index (χ1) is 20.6. The smallest absolute Gasteiger partial charge is 0.409 e. The summed E-state index contributed by atoms with van der Waals surface area (Å²) in [4.78, 5) is 13.5. The average molecular weight is 568 g/mol. The number of likely N-dealkylation sites (tertiary alicyclic amines) is 1. The highest BCUT2D eigenvalue weighted by Crippen LogP contribution is 2.38. The minimum absolute atomic E-state index is 0.168. The van der Waals surface area contributed by atoms with Crippen LogP contribution in [0, 0.1) is 0 Å². The van der Waals surface area contributed by atoms with Crippen LogP contribution in [-0.2, 0) is 11.3 Å². The Morgan fingerprint density at radius 1 is 0.952 bits per heavy atom. The van der Waals surface area contributed by atoms with Gasteiger partial charge in [0.2, 0.25) is 0 Å². The molecule has 0 saturated carbocycles. The molecule has 0 aromatic heterocycles. The van der Waals surface area contributed by atoms with Gasteiger partial charge in [0, 0.05) is 22.9 Å². The van der Waals surface area contributed by atoms with E-state index < -0.39 is 12.3 Å². The van der Waals surface area contributed by atoms with Crippen molar-refractivity contribution in [3.63, 3.8) is 0 Å². The van der Waals surface area contributed by atoms with Crippen LogP contribution in [0.5, 0.6) is 17.2 Å². The minimum atomic E-state index is -0.980. The van der Waals surface area contributed by atoms with Crippen LogP contribution in [0.1, 0.15) is 41.9 Å². The third kappa shape index (κ3) is 6.86. The Bertz CT molecular complexity index is 1500. The molecule has 42 heavy (non-hydrogen) atoms. The summed E-state index contributed by atoms with van der Waals surface area (Å²) in [6.07, 6.45) is 4.75. The molecule has 0 aliphatic carbocycles. The summed E-state index contributed by atoms with van der Waals surface area (Å²) in [5, 5.41) is 11.8. The van der Waals surface area contributed by atoms with Gasteiger partial charge in [-0.15, -0.1) is 0 Å². The van der Waals surface area contributed by atoms with Gasteiger partial charge < -0.3 is 24.1 Å². The van der Waals surface area contributed by atoms with Crippen molar-refractivity contribution in [1.29, 1.82) is 0 Å². The third-order valence-corrected chi connectivity index (χ3v) is 7.70. The predicted octanol–water partition coefficient (Wildman–Crippen LogP) is 7.74. The number of fused-ring (bicyclic) bond motifs is 1. The summed E-state index contributed by atoms with van der Waals surface area (Å²) in [6.45, 7) is 1.19. The van der Waals surface area contributed by atoms with Crippen LogP contribution in [-0.4, -0.2) is 49.7 Å². The van der Waals surface area contributed by atoms with E-state index in [4.69, 9.17) is 18.9 Å². The summed E-state index contributed by atoms with van der Waals surface area (Å²) in [6, 6.07) is 28.1. The number of piperidine rings is 1. The molecule has 2 atom stereocenters. The van der Waals surface area contributed by atoms with E-state index in [9.17, 15) is 9.90 Å². The molecular weight excluding hydrogens is 530 g/mol. The normalized spacial score (nSPS) is 17.0. The summed E-state index contributed by atoms with van der Waals surface area (Å²) < 4.78 is 23.6. The maximum Gasteiger partial charge on any atom is 0.409 e. The van der Waals surface area contributed by atoms with Crippen molar-refractivity contribution in [1.82, 2.24) is 4.90 Å². The number of carbonyl (C=O) groups is 1. The summed E-state index contributed by atoms with van der Waals surface area (Å²) in [5.41, 5.74) is 3.13. The van der Waals surface area contributed by atoms with Gasteiger partial charge in [0.25, 0.3) is 0 Å². The van der Waals surface area contributed by atoms with E-state index >= 15 is 0 Å². The number of benzene rings is 4. The summed E-state index contributed by atoms with van der Waals surface area (Å²) in [7, 11) is 3.27. The molecule has 7 heteroatoms. The predicted molar refractivity (Wildman–Crippen MR) is 164 cm³/mol. The number of hydrogen-bond donors (Lipinski definition) is 1. The fraction of sp³-hybridized carbons (Fsp3) is 0.286. The molecule has 2 unspecified atom stereocenters. The molecule has 7 nitrogen and oxygen atoms in total. The van der Waals surface area contributed by atoms with Crippen molar-refractivity contribution in [3.8, 4) is 17.2 Å². The Morgan fingerprint density at radius 2 is 1.69 bits per heavy atom. The largest absolute Gasteiger partial charge is 0.496 e. The lowest BCUT2D eigenvalue weighted by atomic mass is 9.88. The van der Waals surface area contributed by atoms with E-state index in [1.807, 2.05) is 60.7 Å². The second-order valence-corrected chi connectivity index (χ2v) is 10.3. The topological polar surface area (TPSA) is 77.5 Å². The van der Waals surface area contributed by atoms with E-state index in [-0.39, 0.29) is 12.5 Å². The van der Waals surface area contributed by atoms with Gasteiger partial charge in [-0.2, -0.15) is 0 Å². The van der Waals surface area contributed by atoms with Crippen molar-refractivity contribution < 1.29 is 28.8 Å². The minimum Gasteiger partial charge on any atom is -0.496 e. The molecule has 4 aromatic carbocycles. The van der Waals surface area contributed by atoms with Gasteiger partial charge in [0.15, 0.2) is 0 Å². The fourth-order valence-corrected chi connectivity index (χ4v) is 5.55. The maximum atomic E-state index is 12.1. The molecule has 1 heterocycles. The molecular formula is C35H37NO6. The lowest BCUT2D eigenvalue weighted by Crippen LogP contribution is -2.46. The molecule has 1 N–H and O–H groups in total. The number of nitrogens with zero attached hydrogens (tertiary/aromatic N) is 1. The molecule has 1 fully saturated rings. The molecule has 1 aliphatic heterocycles. The van der Waals surface area contributed by atoms with Crippen LogP contribution in [0.3, 0.4) is 0 Å².